The van der Waals surface area contributed by atoms with E-state index in [-0.39, 0.29) is 40.9 Å². The van der Waals surface area contributed by atoms with Crippen molar-refractivity contribution >= 4 is 35.3 Å². The van der Waals surface area contributed by atoms with E-state index in [2.05, 4.69) is 31.1 Å². The van der Waals surface area contributed by atoms with Gasteiger partial charge in [-0.25, -0.2) is 4.79 Å². The zero-order valence-electron chi connectivity index (χ0n) is 24.6. The molecule has 1 aromatic rings. The summed E-state index contributed by atoms with van der Waals surface area (Å²) in [5.41, 5.74) is 1.85. The number of aliphatic imine (C=N–C) groups is 1. The van der Waals surface area contributed by atoms with Crippen LogP contribution in [-0.2, 0) is 25.5 Å². The van der Waals surface area contributed by atoms with Crippen molar-refractivity contribution in [3.05, 3.63) is 35.5 Å². The van der Waals surface area contributed by atoms with Gasteiger partial charge >= 0.3 is 5.97 Å². The molecule has 9 heteroatoms. The highest BCUT2D eigenvalue weighted by Crippen LogP contribution is 2.44. The maximum atomic E-state index is 13.5. The minimum Gasteiger partial charge on any atom is -0.482 e. The molecule has 1 saturated heterocycles. The van der Waals surface area contributed by atoms with E-state index >= 15 is 0 Å². The topological polar surface area (TPSA) is 126 Å². The largest absolute Gasteiger partial charge is 0.482 e. The van der Waals surface area contributed by atoms with Crippen molar-refractivity contribution in [1.82, 2.24) is 4.90 Å². The third-order valence-electron chi connectivity index (χ3n) is 7.60. The van der Waals surface area contributed by atoms with Gasteiger partial charge in [-0.1, -0.05) is 0 Å². The van der Waals surface area contributed by atoms with Crippen LogP contribution >= 0.6 is 0 Å². The number of ketones is 1. The Hall–Kier alpha value is -3.33. The van der Waals surface area contributed by atoms with Crippen molar-refractivity contribution in [3.63, 3.8) is 0 Å². The lowest BCUT2D eigenvalue weighted by atomic mass is 9.65. The van der Waals surface area contributed by atoms with Crippen molar-refractivity contribution in [3.8, 4) is 5.75 Å². The standard InChI is InChI=1S/C31H42N4O5/c1-29(2,3)34-18-22-15-31(16-25(36)27(22)32)9-11-35(12-10-31)28(38)21-13-20-14-23(7-8-24(20)33-17-21)39-19-26(37)40-30(4,5)6/h7-8,14,17-18,21,32,34H,9-13,15-16,19H2,1-6H3/p+1. The fourth-order valence-electron chi connectivity index (χ4n) is 5.51. The number of nitrogens with zero attached hydrogens (tertiary/aromatic N) is 2. The second-order valence-corrected chi connectivity index (χ2v) is 13.5. The van der Waals surface area contributed by atoms with Gasteiger partial charge in [0.25, 0.3) is 0 Å². The van der Waals surface area contributed by atoms with E-state index in [9.17, 15) is 14.4 Å². The molecule has 0 aromatic heterocycles. The van der Waals surface area contributed by atoms with Gasteiger partial charge in [0.2, 0.25) is 5.91 Å². The first-order valence-corrected chi connectivity index (χ1v) is 14.1. The molecule has 1 spiro atoms. The Morgan fingerprint density at radius 2 is 1.85 bits per heavy atom. The van der Waals surface area contributed by atoms with Crippen LogP contribution in [0.2, 0.25) is 0 Å². The highest BCUT2D eigenvalue weighted by Gasteiger charge is 2.44. The van der Waals surface area contributed by atoms with Gasteiger partial charge in [-0.3, -0.25) is 20.0 Å². The number of nitrogens with two attached hydrogens (primary N) is 1. The number of hydrogen-bond acceptors (Lipinski definition) is 7. The van der Waals surface area contributed by atoms with Crippen LogP contribution in [0.5, 0.6) is 5.75 Å². The number of carbonyl (C=O) groups excluding carboxylic acids is 3. The van der Waals surface area contributed by atoms with Gasteiger partial charge in [-0.05, 0) is 96.4 Å². The molecular weight excluding hydrogens is 508 g/mol. The Bertz CT molecular complexity index is 1240. The zero-order chi connectivity index (χ0) is 29.3. The van der Waals surface area contributed by atoms with Crippen LogP contribution in [0.4, 0.5) is 5.69 Å². The minimum absolute atomic E-state index is 0.0259. The number of nitrogens with one attached hydrogen (secondary N) is 1. The first kappa shape index (κ1) is 29.6. The summed E-state index contributed by atoms with van der Waals surface area (Å²) in [4.78, 5) is 44.7. The fourth-order valence-corrected chi connectivity index (χ4v) is 5.51. The number of carbonyl (C=O) groups is 3. The molecule has 0 radical (unpaired) electrons. The zero-order valence-corrected chi connectivity index (χ0v) is 24.6. The first-order valence-electron chi connectivity index (χ1n) is 14.1. The lowest BCUT2D eigenvalue weighted by molar-refractivity contribution is -0.657. The lowest BCUT2D eigenvalue weighted by Gasteiger charge is -2.44. The number of likely N-dealkylation sites (tertiary alicyclic amines) is 1. The Kier molecular flexibility index (Phi) is 8.36. The molecule has 1 aliphatic carbocycles. The molecule has 1 amide bonds. The normalized spacial score (nSPS) is 21.9. The molecule has 1 unspecified atom stereocenters. The maximum absolute atomic E-state index is 13.5. The Labute approximate surface area is 236 Å². The number of benzene rings is 1. The number of piperidine rings is 1. The summed E-state index contributed by atoms with van der Waals surface area (Å²) in [5.74, 6) is -0.337. The quantitative estimate of drug-likeness (QED) is 0.542. The smallest absolute Gasteiger partial charge is 0.344 e. The molecule has 40 heavy (non-hydrogen) atoms. The van der Waals surface area contributed by atoms with E-state index in [1.165, 1.54) is 0 Å². The highest BCUT2D eigenvalue weighted by atomic mass is 16.6. The van der Waals surface area contributed by atoms with Crippen LogP contribution in [-0.4, -0.2) is 65.3 Å². The van der Waals surface area contributed by atoms with Gasteiger partial charge in [0.15, 0.2) is 12.4 Å². The summed E-state index contributed by atoms with van der Waals surface area (Å²) in [6.07, 6.45) is 6.77. The molecule has 2 aliphatic heterocycles. The maximum Gasteiger partial charge on any atom is 0.344 e. The molecular formula is C31H43N4O5+. The summed E-state index contributed by atoms with van der Waals surface area (Å²) < 4.78 is 10.9. The fraction of sp³-hybridized carbons (Fsp3) is 0.581. The molecule has 3 N–H and O–H groups in total. The predicted molar refractivity (Wildman–Crippen MR) is 153 cm³/mol. The summed E-state index contributed by atoms with van der Waals surface area (Å²) in [6, 6.07) is 5.44. The Morgan fingerprint density at radius 3 is 2.50 bits per heavy atom. The molecule has 0 bridgehead atoms. The first-order chi connectivity index (χ1) is 18.6. The van der Waals surface area contributed by atoms with Crippen LogP contribution in [0.3, 0.4) is 0 Å². The molecule has 216 valence electrons. The molecule has 4 rings (SSSR count). The number of fused-ring (bicyclic) bond motifs is 1. The Morgan fingerprint density at radius 1 is 1.15 bits per heavy atom. The number of allylic oxidation sites excluding steroid dienone is 1. The van der Waals surface area contributed by atoms with Gasteiger partial charge < -0.3 is 19.7 Å². The second-order valence-electron chi connectivity index (χ2n) is 13.5. The summed E-state index contributed by atoms with van der Waals surface area (Å²) in [6.45, 7) is 12.7. The molecule has 1 atom stereocenters. The Balaban J connectivity index is 1.35. The predicted octanol–water partition coefficient (Wildman–Crippen LogP) is 3.52. The van der Waals surface area contributed by atoms with Crippen molar-refractivity contribution in [2.75, 3.05) is 19.7 Å². The van der Waals surface area contributed by atoms with Crippen molar-refractivity contribution in [2.45, 2.75) is 84.8 Å². The minimum atomic E-state index is -0.577. The third kappa shape index (κ3) is 7.44. The number of Topliss-reactive ketones (excluding diaryl/α,β-unsaturated/α-hetero) is 1. The second kappa shape index (κ2) is 11.3. The summed E-state index contributed by atoms with van der Waals surface area (Å²) in [7, 11) is 0. The van der Waals surface area contributed by atoms with Gasteiger partial charge in [0.05, 0.1) is 23.3 Å². The molecule has 2 heterocycles. The van der Waals surface area contributed by atoms with Crippen molar-refractivity contribution < 1.29 is 29.2 Å². The number of quaternary nitrogens is 1. The van der Waals surface area contributed by atoms with Crippen LogP contribution in [0.1, 0.15) is 72.8 Å². The molecule has 1 saturated carbocycles. The van der Waals surface area contributed by atoms with Crippen LogP contribution in [0, 0.1) is 16.7 Å². The van der Waals surface area contributed by atoms with Crippen molar-refractivity contribution in [2.24, 2.45) is 16.3 Å². The number of amides is 1. The van der Waals surface area contributed by atoms with Crippen LogP contribution in [0.25, 0.3) is 0 Å². The van der Waals surface area contributed by atoms with Crippen LogP contribution < -0.4 is 10.1 Å². The number of ether oxygens (including phenoxy) is 2. The third-order valence-corrected chi connectivity index (χ3v) is 7.60. The van der Waals surface area contributed by atoms with E-state index in [1.807, 2.05) is 44.0 Å². The number of rotatable bonds is 5. The molecule has 1 aromatic carbocycles. The van der Waals surface area contributed by atoms with Crippen LogP contribution in [0.15, 0.2) is 35.0 Å². The molecule has 2 fully saturated rings. The van der Waals surface area contributed by atoms with Gasteiger partial charge in [-0.2, -0.15) is 0 Å². The number of esters is 1. The van der Waals surface area contributed by atoms with Gasteiger partial charge in [0.1, 0.15) is 17.1 Å². The van der Waals surface area contributed by atoms with E-state index in [4.69, 9.17) is 14.9 Å². The highest BCUT2D eigenvalue weighted by molar-refractivity contribution is 6.45. The monoisotopic (exact) mass is 551 g/mol. The van der Waals surface area contributed by atoms with E-state index < -0.39 is 11.6 Å². The van der Waals surface area contributed by atoms with Gasteiger partial charge in [-0.15, -0.1) is 0 Å². The van der Waals surface area contributed by atoms with Crippen molar-refractivity contribution in [1.29, 1.82) is 5.41 Å². The van der Waals surface area contributed by atoms with E-state index in [1.54, 1.807) is 12.3 Å². The van der Waals surface area contributed by atoms with E-state index in [0.29, 0.717) is 38.1 Å². The average molecular weight is 552 g/mol. The van der Waals surface area contributed by atoms with E-state index in [0.717, 1.165) is 29.7 Å². The number of hydrogen-bond donors (Lipinski definition) is 2. The molecule has 9 nitrogen and oxygen atoms in total. The molecule has 3 aliphatic rings. The SMILES string of the molecule is CC(C)(C)[NH2+]C=C1CC2(CCN(C(=O)C3C=Nc4ccc(OCC(=O)OC(C)(C)C)cc4C3)CC2)CC(=O)C1=N. The average Bonchev–Trinajstić information content (AvgIpc) is 2.87. The summed E-state index contributed by atoms with van der Waals surface area (Å²) in [5, 5.41) is 10.4. The lowest BCUT2D eigenvalue weighted by Crippen LogP contribution is -2.89. The van der Waals surface area contributed by atoms with Gasteiger partial charge in [0, 0.05) is 31.3 Å². The summed E-state index contributed by atoms with van der Waals surface area (Å²) >= 11 is 0.